The van der Waals surface area contributed by atoms with Gasteiger partial charge < -0.3 is 10.1 Å². The van der Waals surface area contributed by atoms with E-state index in [2.05, 4.69) is 5.32 Å². The molecule has 1 aliphatic heterocycles. The Hall–Kier alpha value is -1.00. The Morgan fingerprint density at radius 2 is 2.12 bits per heavy atom. The van der Waals surface area contributed by atoms with Crippen molar-refractivity contribution < 1.29 is 13.5 Å². The van der Waals surface area contributed by atoms with Gasteiger partial charge in [0.2, 0.25) is 0 Å². The molecule has 0 saturated carbocycles. The summed E-state index contributed by atoms with van der Waals surface area (Å²) < 4.78 is 32.0. The van der Waals surface area contributed by atoms with Gasteiger partial charge in [-0.3, -0.25) is 0 Å². The molecule has 2 unspecified atom stereocenters. The Bertz CT molecular complexity index is 357. The van der Waals surface area contributed by atoms with Gasteiger partial charge in [-0.15, -0.1) is 0 Å². The van der Waals surface area contributed by atoms with E-state index in [0.717, 1.165) is 19.6 Å². The molecule has 0 radical (unpaired) electrons. The second-order valence-corrected chi connectivity index (χ2v) is 4.49. The van der Waals surface area contributed by atoms with Crippen LogP contribution >= 0.6 is 0 Å². The quantitative estimate of drug-likeness (QED) is 0.874. The predicted octanol–water partition coefficient (Wildman–Crippen LogP) is 2.48. The standard InChI is InChI=1S/C13H17F2NO/c1-9(10-5-6-17-8-10)16-7-11-12(14)3-2-4-13(11)15/h2-4,9-10,16H,5-8H2,1H3. The van der Waals surface area contributed by atoms with Gasteiger partial charge in [0, 0.05) is 24.8 Å². The largest absolute Gasteiger partial charge is 0.381 e. The lowest BCUT2D eigenvalue weighted by atomic mass is 10.0. The maximum absolute atomic E-state index is 13.4. The number of halogens is 2. The van der Waals surface area contributed by atoms with Gasteiger partial charge in [0.1, 0.15) is 11.6 Å². The van der Waals surface area contributed by atoms with Crippen molar-refractivity contribution in [1.29, 1.82) is 0 Å². The molecule has 17 heavy (non-hydrogen) atoms. The van der Waals surface area contributed by atoms with Crippen molar-refractivity contribution in [2.45, 2.75) is 25.9 Å². The SMILES string of the molecule is CC(NCc1c(F)cccc1F)C1CCOC1. The molecule has 0 aromatic heterocycles. The monoisotopic (exact) mass is 241 g/mol. The summed E-state index contributed by atoms with van der Waals surface area (Å²) in [6, 6.07) is 4.14. The van der Waals surface area contributed by atoms with Crippen LogP contribution in [0.1, 0.15) is 18.9 Å². The maximum atomic E-state index is 13.4. The van der Waals surface area contributed by atoms with Crippen LogP contribution in [0.5, 0.6) is 0 Å². The zero-order chi connectivity index (χ0) is 12.3. The molecule has 1 aromatic rings. The molecule has 2 atom stereocenters. The van der Waals surface area contributed by atoms with Crippen LogP contribution in [0.2, 0.25) is 0 Å². The molecular weight excluding hydrogens is 224 g/mol. The van der Waals surface area contributed by atoms with E-state index in [1.165, 1.54) is 18.2 Å². The number of ether oxygens (including phenoxy) is 1. The molecule has 1 aliphatic rings. The fourth-order valence-electron chi connectivity index (χ4n) is 2.08. The first-order chi connectivity index (χ1) is 8.18. The van der Waals surface area contributed by atoms with Crippen LogP contribution in [0.25, 0.3) is 0 Å². The highest BCUT2D eigenvalue weighted by Gasteiger charge is 2.22. The summed E-state index contributed by atoms with van der Waals surface area (Å²) in [6.45, 7) is 3.76. The molecule has 0 spiro atoms. The summed E-state index contributed by atoms with van der Waals surface area (Å²) in [7, 11) is 0. The van der Waals surface area contributed by atoms with E-state index in [0.29, 0.717) is 5.92 Å². The van der Waals surface area contributed by atoms with Gasteiger partial charge in [0.15, 0.2) is 0 Å². The summed E-state index contributed by atoms with van der Waals surface area (Å²) in [4.78, 5) is 0. The normalized spacial score (nSPS) is 21.7. The Morgan fingerprint density at radius 1 is 1.41 bits per heavy atom. The summed E-state index contributed by atoms with van der Waals surface area (Å²) in [6.07, 6.45) is 1.01. The number of rotatable bonds is 4. The van der Waals surface area contributed by atoms with Gasteiger partial charge in [-0.05, 0) is 31.4 Å². The molecule has 1 saturated heterocycles. The highest BCUT2D eigenvalue weighted by Crippen LogP contribution is 2.18. The average Bonchev–Trinajstić information content (AvgIpc) is 2.81. The number of nitrogens with one attached hydrogen (secondary N) is 1. The third kappa shape index (κ3) is 3.01. The highest BCUT2D eigenvalue weighted by atomic mass is 19.1. The molecule has 94 valence electrons. The van der Waals surface area contributed by atoms with Crippen molar-refractivity contribution in [1.82, 2.24) is 5.32 Å². The number of benzene rings is 1. The minimum Gasteiger partial charge on any atom is -0.381 e. The van der Waals surface area contributed by atoms with E-state index in [9.17, 15) is 8.78 Å². The van der Waals surface area contributed by atoms with Gasteiger partial charge in [0.25, 0.3) is 0 Å². The zero-order valence-electron chi connectivity index (χ0n) is 9.88. The Morgan fingerprint density at radius 3 is 2.71 bits per heavy atom. The molecule has 2 nitrogen and oxygen atoms in total. The van der Waals surface area contributed by atoms with Crippen molar-refractivity contribution >= 4 is 0 Å². The van der Waals surface area contributed by atoms with Gasteiger partial charge in [-0.1, -0.05) is 6.07 Å². The fourth-order valence-corrected chi connectivity index (χ4v) is 2.08. The van der Waals surface area contributed by atoms with E-state index < -0.39 is 11.6 Å². The van der Waals surface area contributed by atoms with Gasteiger partial charge in [-0.25, -0.2) is 8.78 Å². The van der Waals surface area contributed by atoms with Crippen molar-refractivity contribution in [3.63, 3.8) is 0 Å². The molecule has 4 heteroatoms. The Kier molecular flexibility index (Phi) is 4.07. The second-order valence-electron chi connectivity index (χ2n) is 4.49. The van der Waals surface area contributed by atoms with Gasteiger partial charge in [0.05, 0.1) is 6.61 Å². The minimum absolute atomic E-state index is 0.110. The summed E-state index contributed by atoms with van der Waals surface area (Å²) in [5.41, 5.74) is 0.110. The van der Waals surface area contributed by atoms with E-state index in [-0.39, 0.29) is 18.2 Å². The molecule has 1 fully saturated rings. The number of hydrogen-bond acceptors (Lipinski definition) is 2. The minimum atomic E-state index is -0.493. The molecule has 0 aliphatic carbocycles. The maximum Gasteiger partial charge on any atom is 0.130 e. The predicted molar refractivity (Wildman–Crippen MR) is 61.6 cm³/mol. The first-order valence-electron chi connectivity index (χ1n) is 5.92. The van der Waals surface area contributed by atoms with Crippen LogP contribution in [-0.2, 0) is 11.3 Å². The molecular formula is C13H17F2NO. The Labute approximate surface area is 100.0 Å². The third-order valence-corrected chi connectivity index (χ3v) is 3.33. The lowest BCUT2D eigenvalue weighted by molar-refractivity contribution is 0.178. The van der Waals surface area contributed by atoms with Crippen LogP contribution in [0.3, 0.4) is 0 Å². The fraction of sp³-hybridized carbons (Fsp3) is 0.538. The van der Waals surface area contributed by atoms with Gasteiger partial charge >= 0.3 is 0 Å². The van der Waals surface area contributed by atoms with Crippen molar-refractivity contribution in [2.24, 2.45) is 5.92 Å². The van der Waals surface area contributed by atoms with Gasteiger partial charge in [-0.2, -0.15) is 0 Å². The van der Waals surface area contributed by atoms with Crippen LogP contribution in [-0.4, -0.2) is 19.3 Å². The topological polar surface area (TPSA) is 21.3 Å². The Balaban J connectivity index is 1.92. The lowest BCUT2D eigenvalue weighted by Crippen LogP contribution is -2.33. The molecule has 1 N–H and O–H groups in total. The zero-order valence-corrected chi connectivity index (χ0v) is 9.88. The lowest BCUT2D eigenvalue weighted by Gasteiger charge is -2.19. The van der Waals surface area contributed by atoms with Crippen LogP contribution in [0.4, 0.5) is 8.78 Å². The molecule has 1 aromatic carbocycles. The molecule has 0 bridgehead atoms. The van der Waals surface area contributed by atoms with Crippen molar-refractivity contribution in [3.8, 4) is 0 Å². The smallest absolute Gasteiger partial charge is 0.130 e. The highest BCUT2D eigenvalue weighted by molar-refractivity contribution is 5.19. The molecule has 2 rings (SSSR count). The first kappa shape index (κ1) is 12.5. The van der Waals surface area contributed by atoms with E-state index in [4.69, 9.17) is 4.74 Å². The summed E-state index contributed by atoms with van der Waals surface area (Å²) >= 11 is 0. The third-order valence-electron chi connectivity index (χ3n) is 3.33. The van der Waals surface area contributed by atoms with Crippen molar-refractivity contribution in [2.75, 3.05) is 13.2 Å². The number of hydrogen-bond donors (Lipinski definition) is 1. The molecule has 0 amide bonds. The summed E-state index contributed by atoms with van der Waals surface area (Å²) in [5, 5.41) is 3.16. The van der Waals surface area contributed by atoms with Crippen molar-refractivity contribution in [3.05, 3.63) is 35.4 Å². The van der Waals surface area contributed by atoms with E-state index >= 15 is 0 Å². The first-order valence-corrected chi connectivity index (χ1v) is 5.92. The van der Waals surface area contributed by atoms with E-state index in [1.54, 1.807) is 0 Å². The second kappa shape index (κ2) is 5.56. The van der Waals surface area contributed by atoms with Crippen LogP contribution in [0, 0.1) is 17.6 Å². The van der Waals surface area contributed by atoms with E-state index in [1.807, 2.05) is 6.92 Å². The average molecular weight is 241 g/mol. The van der Waals surface area contributed by atoms with Crippen LogP contribution < -0.4 is 5.32 Å². The summed E-state index contributed by atoms with van der Waals surface area (Å²) in [5.74, 6) is -0.551. The van der Waals surface area contributed by atoms with Crippen LogP contribution in [0.15, 0.2) is 18.2 Å². The molecule has 1 heterocycles.